The summed E-state index contributed by atoms with van der Waals surface area (Å²) in [6.45, 7) is 6.70. The van der Waals surface area contributed by atoms with Gasteiger partial charge in [0.25, 0.3) is 11.5 Å². The Labute approximate surface area is 157 Å². The van der Waals surface area contributed by atoms with Crippen LogP contribution in [0, 0.1) is 24.7 Å². The van der Waals surface area contributed by atoms with Gasteiger partial charge in [0.1, 0.15) is 4.83 Å². The van der Waals surface area contributed by atoms with Crippen LogP contribution >= 0.6 is 11.3 Å². The summed E-state index contributed by atoms with van der Waals surface area (Å²) in [5.74, 6) is 2.20. The van der Waals surface area contributed by atoms with Crippen LogP contribution in [-0.2, 0) is 6.54 Å². The van der Waals surface area contributed by atoms with Gasteiger partial charge in [-0.2, -0.15) is 0 Å². The lowest BCUT2D eigenvalue weighted by Gasteiger charge is -2.28. The van der Waals surface area contributed by atoms with Crippen LogP contribution < -0.4 is 10.9 Å². The van der Waals surface area contributed by atoms with Crippen molar-refractivity contribution < 1.29 is 4.79 Å². The van der Waals surface area contributed by atoms with E-state index in [1.165, 1.54) is 37.0 Å². The number of amides is 1. The van der Waals surface area contributed by atoms with Gasteiger partial charge in [-0.25, -0.2) is 4.98 Å². The number of carbonyl (C=O) groups excluding carboxylic acids is 1. The molecular weight excluding hydrogens is 346 g/mol. The van der Waals surface area contributed by atoms with Crippen molar-refractivity contribution in [2.45, 2.75) is 65.5 Å². The van der Waals surface area contributed by atoms with Crippen molar-refractivity contribution in [3.05, 3.63) is 27.1 Å². The number of rotatable bonds is 5. The maximum atomic E-state index is 12.9. The molecule has 2 heterocycles. The van der Waals surface area contributed by atoms with Crippen molar-refractivity contribution >= 4 is 27.5 Å². The van der Waals surface area contributed by atoms with Crippen molar-refractivity contribution in [2.24, 2.45) is 17.8 Å². The second-order valence-electron chi connectivity index (χ2n) is 8.08. The first-order valence-corrected chi connectivity index (χ1v) is 10.6. The highest BCUT2D eigenvalue weighted by atomic mass is 32.1. The Hall–Kier alpha value is -1.69. The van der Waals surface area contributed by atoms with Crippen LogP contribution in [-0.4, -0.2) is 21.5 Å². The number of aromatic nitrogens is 2. The zero-order valence-corrected chi connectivity index (χ0v) is 16.6. The van der Waals surface area contributed by atoms with E-state index in [4.69, 9.17) is 0 Å². The third-order valence-electron chi connectivity index (χ3n) is 6.38. The predicted octanol–water partition coefficient (Wildman–Crippen LogP) is 3.73. The molecule has 0 saturated heterocycles. The molecule has 6 heteroatoms. The zero-order valence-electron chi connectivity index (χ0n) is 15.7. The summed E-state index contributed by atoms with van der Waals surface area (Å²) in [5, 5.41) is 3.82. The number of nitrogens with zero attached hydrogens (tertiary/aromatic N) is 2. The Morgan fingerprint density at radius 1 is 1.42 bits per heavy atom. The Morgan fingerprint density at radius 2 is 2.23 bits per heavy atom. The molecule has 5 nitrogen and oxygen atoms in total. The van der Waals surface area contributed by atoms with Gasteiger partial charge >= 0.3 is 0 Å². The molecular formula is C20H27N3O2S. The average Bonchev–Trinajstić information content (AvgIpc) is 3.32. The molecule has 140 valence electrons. The third kappa shape index (κ3) is 2.88. The highest BCUT2D eigenvalue weighted by molar-refractivity contribution is 7.20. The standard InChI is InChI=1S/C20H27N3O2S/c1-4-7-23-10-21-19-16(20(23)25)11(2)17(26-19)18(24)22-12(3)15-9-13-5-6-14(15)8-13/h10,12-15H,4-9H2,1-3H3,(H,22,24)/t12-,13-,14-,15+/m0/s1. The lowest BCUT2D eigenvalue weighted by Crippen LogP contribution is -2.40. The summed E-state index contributed by atoms with van der Waals surface area (Å²) in [6.07, 6.45) is 7.76. The molecule has 1 amide bonds. The Bertz CT molecular complexity index is 900. The summed E-state index contributed by atoms with van der Waals surface area (Å²) in [6, 6.07) is 0.187. The molecule has 0 aliphatic heterocycles. The minimum atomic E-state index is -0.0535. The van der Waals surface area contributed by atoms with E-state index in [1.54, 1.807) is 10.9 Å². The van der Waals surface area contributed by atoms with Crippen LogP contribution in [0.15, 0.2) is 11.1 Å². The van der Waals surface area contributed by atoms with Gasteiger partial charge in [-0.15, -0.1) is 11.3 Å². The van der Waals surface area contributed by atoms with Gasteiger partial charge in [0.05, 0.1) is 16.6 Å². The third-order valence-corrected chi connectivity index (χ3v) is 7.58. The molecule has 2 saturated carbocycles. The predicted molar refractivity (Wildman–Crippen MR) is 105 cm³/mol. The SMILES string of the molecule is CCCn1cnc2sc(C(=O)N[C@@H](C)[C@H]3C[C@H]4CC[C@H]3C4)c(C)c2c1=O. The number of carbonyl (C=O) groups is 1. The summed E-state index contributed by atoms with van der Waals surface area (Å²) in [5.41, 5.74) is 0.733. The van der Waals surface area contributed by atoms with Crippen molar-refractivity contribution in [3.63, 3.8) is 0 Å². The molecule has 1 N–H and O–H groups in total. The summed E-state index contributed by atoms with van der Waals surface area (Å²) >= 11 is 1.34. The van der Waals surface area contributed by atoms with Crippen LogP contribution in [0.1, 0.15) is 61.2 Å². The number of hydrogen-bond acceptors (Lipinski definition) is 4. The van der Waals surface area contributed by atoms with Crippen LogP contribution in [0.5, 0.6) is 0 Å². The fraction of sp³-hybridized carbons (Fsp3) is 0.650. The maximum Gasteiger partial charge on any atom is 0.262 e. The van der Waals surface area contributed by atoms with Gasteiger partial charge in [-0.1, -0.05) is 13.3 Å². The first kappa shape index (κ1) is 17.7. The van der Waals surface area contributed by atoms with E-state index >= 15 is 0 Å². The van der Waals surface area contributed by atoms with Crippen molar-refractivity contribution in [2.75, 3.05) is 0 Å². The summed E-state index contributed by atoms with van der Waals surface area (Å²) < 4.78 is 1.64. The van der Waals surface area contributed by atoms with E-state index in [-0.39, 0.29) is 17.5 Å². The minimum Gasteiger partial charge on any atom is -0.349 e. The van der Waals surface area contributed by atoms with Gasteiger partial charge in [0.15, 0.2) is 0 Å². The van der Waals surface area contributed by atoms with E-state index in [0.29, 0.717) is 27.6 Å². The monoisotopic (exact) mass is 373 g/mol. The quantitative estimate of drug-likeness (QED) is 0.868. The Kier molecular flexibility index (Phi) is 4.63. The summed E-state index contributed by atoms with van der Waals surface area (Å²) in [4.78, 5) is 31.3. The fourth-order valence-corrected chi connectivity index (χ4v) is 6.10. The first-order chi connectivity index (χ1) is 12.5. The molecule has 0 spiro atoms. The molecule has 0 radical (unpaired) electrons. The van der Waals surface area contributed by atoms with Gasteiger partial charge in [0, 0.05) is 12.6 Å². The minimum absolute atomic E-state index is 0.0363. The van der Waals surface area contributed by atoms with E-state index < -0.39 is 0 Å². The molecule has 0 aromatic carbocycles. The normalized spacial score (nSPS) is 25.7. The van der Waals surface area contributed by atoms with Crippen LogP contribution in [0.4, 0.5) is 0 Å². The molecule has 4 rings (SSSR count). The maximum absolute atomic E-state index is 12.9. The largest absolute Gasteiger partial charge is 0.349 e. The van der Waals surface area contributed by atoms with Crippen molar-refractivity contribution in [1.29, 1.82) is 0 Å². The number of nitrogens with one attached hydrogen (secondary N) is 1. The first-order valence-electron chi connectivity index (χ1n) is 9.79. The average molecular weight is 374 g/mol. The zero-order chi connectivity index (χ0) is 18.4. The van der Waals surface area contributed by atoms with Crippen molar-refractivity contribution in [1.82, 2.24) is 14.9 Å². The number of aryl methyl sites for hydroxylation is 2. The lowest BCUT2D eigenvalue weighted by molar-refractivity contribution is 0.0919. The highest BCUT2D eigenvalue weighted by Crippen LogP contribution is 2.49. The summed E-state index contributed by atoms with van der Waals surface area (Å²) in [7, 11) is 0. The number of thiophene rings is 1. The molecule has 2 aliphatic rings. The molecule has 2 aromatic rings. The van der Waals surface area contributed by atoms with Crippen LogP contribution in [0.25, 0.3) is 10.2 Å². The van der Waals surface area contributed by atoms with E-state index in [0.717, 1.165) is 23.8 Å². The second-order valence-corrected chi connectivity index (χ2v) is 9.08. The Morgan fingerprint density at radius 3 is 2.88 bits per heavy atom. The van der Waals surface area contributed by atoms with E-state index in [9.17, 15) is 9.59 Å². The fourth-order valence-electron chi connectivity index (χ4n) is 5.06. The van der Waals surface area contributed by atoms with Crippen molar-refractivity contribution in [3.8, 4) is 0 Å². The van der Waals surface area contributed by atoms with Gasteiger partial charge in [0.2, 0.25) is 0 Å². The van der Waals surface area contributed by atoms with E-state index in [1.807, 2.05) is 13.8 Å². The Balaban J connectivity index is 1.58. The molecule has 26 heavy (non-hydrogen) atoms. The molecule has 2 fully saturated rings. The van der Waals surface area contributed by atoms with E-state index in [2.05, 4.69) is 17.2 Å². The number of hydrogen-bond donors (Lipinski definition) is 1. The topological polar surface area (TPSA) is 64.0 Å². The van der Waals surface area contributed by atoms with Crippen LogP contribution in [0.3, 0.4) is 0 Å². The molecule has 2 bridgehead atoms. The van der Waals surface area contributed by atoms with Crippen LogP contribution in [0.2, 0.25) is 0 Å². The highest BCUT2D eigenvalue weighted by Gasteiger charge is 2.42. The van der Waals surface area contributed by atoms with Gasteiger partial charge in [-0.3, -0.25) is 14.2 Å². The van der Waals surface area contributed by atoms with Gasteiger partial charge < -0.3 is 5.32 Å². The molecule has 4 atom stereocenters. The smallest absolute Gasteiger partial charge is 0.262 e. The molecule has 2 aromatic heterocycles. The van der Waals surface area contributed by atoms with Gasteiger partial charge in [-0.05, 0) is 62.8 Å². The molecule has 2 aliphatic carbocycles. The lowest BCUT2D eigenvalue weighted by atomic mass is 9.84. The second kappa shape index (κ2) is 6.80. The molecule has 0 unspecified atom stereocenters. The number of fused-ring (bicyclic) bond motifs is 3.